The quantitative estimate of drug-likeness (QED) is 0.724. The van der Waals surface area contributed by atoms with Crippen molar-refractivity contribution in [1.82, 2.24) is 5.32 Å². The van der Waals surface area contributed by atoms with Crippen LogP contribution in [0.15, 0.2) is 24.3 Å². The van der Waals surface area contributed by atoms with Crippen LogP contribution < -0.4 is 10.1 Å². The number of esters is 1. The molecule has 1 unspecified atom stereocenters. The third-order valence-electron chi connectivity index (χ3n) is 2.81. The van der Waals surface area contributed by atoms with E-state index in [0.717, 1.165) is 5.56 Å². The maximum atomic E-state index is 11.8. The highest BCUT2D eigenvalue weighted by atomic mass is 16.5. The summed E-state index contributed by atoms with van der Waals surface area (Å²) in [5, 5.41) is 12.1. The molecule has 0 saturated carbocycles. The summed E-state index contributed by atoms with van der Waals surface area (Å²) in [5.41, 5.74) is -0.126. The molecule has 5 nitrogen and oxygen atoms in total. The van der Waals surface area contributed by atoms with Gasteiger partial charge in [-0.3, -0.25) is 5.32 Å². The van der Waals surface area contributed by atoms with Gasteiger partial charge in [0.05, 0.1) is 13.7 Å². The van der Waals surface area contributed by atoms with Crippen LogP contribution in [0.25, 0.3) is 0 Å². The van der Waals surface area contributed by atoms with E-state index in [1.165, 1.54) is 7.11 Å². The fourth-order valence-electron chi connectivity index (χ4n) is 1.76. The van der Waals surface area contributed by atoms with Crippen LogP contribution in [0.2, 0.25) is 0 Å². The lowest BCUT2D eigenvalue weighted by Gasteiger charge is -2.27. The number of carbonyl (C=O) groups is 1. The number of benzene rings is 1. The molecule has 106 valence electrons. The van der Waals surface area contributed by atoms with Gasteiger partial charge in [-0.1, -0.05) is 19.1 Å². The van der Waals surface area contributed by atoms with Gasteiger partial charge in [-0.25, -0.2) is 4.79 Å². The first-order chi connectivity index (χ1) is 9.05. The van der Waals surface area contributed by atoms with E-state index in [-0.39, 0.29) is 19.2 Å². The minimum atomic E-state index is -0.890. The molecule has 1 rings (SSSR count). The van der Waals surface area contributed by atoms with Gasteiger partial charge >= 0.3 is 5.97 Å². The number of aliphatic hydroxyl groups excluding tert-OH is 1. The van der Waals surface area contributed by atoms with Crippen LogP contribution in [0.5, 0.6) is 5.75 Å². The van der Waals surface area contributed by atoms with Crippen molar-refractivity contribution in [3.63, 3.8) is 0 Å². The van der Waals surface area contributed by atoms with Gasteiger partial charge in [0.1, 0.15) is 17.9 Å². The zero-order chi connectivity index (χ0) is 14.3. The predicted octanol–water partition coefficient (Wildman–Crippen LogP) is 1.10. The Bertz CT molecular complexity index is 422. The molecule has 0 radical (unpaired) electrons. The molecule has 5 heteroatoms. The number of nitrogens with one attached hydrogen (secondary N) is 1. The van der Waals surface area contributed by atoms with Crippen molar-refractivity contribution in [3.8, 4) is 5.75 Å². The zero-order valence-electron chi connectivity index (χ0n) is 11.6. The number of rotatable bonds is 7. The van der Waals surface area contributed by atoms with E-state index in [2.05, 4.69) is 5.32 Å². The van der Waals surface area contributed by atoms with Crippen molar-refractivity contribution in [2.24, 2.45) is 0 Å². The van der Waals surface area contributed by atoms with Crippen molar-refractivity contribution in [3.05, 3.63) is 29.8 Å². The zero-order valence-corrected chi connectivity index (χ0v) is 11.6. The number of hydrogen-bond donors (Lipinski definition) is 2. The fourth-order valence-corrected chi connectivity index (χ4v) is 1.76. The molecule has 19 heavy (non-hydrogen) atoms. The van der Waals surface area contributed by atoms with Crippen LogP contribution in [0.3, 0.4) is 0 Å². The van der Waals surface area contributed by atoms with Crippen LogP contribution in [0, 0.1) is 0 Å². The van der Waals surface area contributed by atoms with Crippen LogP contribution in [-0.4, -0.2) is 36.9 Å². The minimum absolute atomic E-state index is 0.0430. The number of hydrogen-bond acceptors (Lipinski definition) is 5. The first-order valence-corrected chi connectivity index (χ1v) is 6.21. The van der Waals surface area contributed by atoms with Gasteiger partial charge in [0.2, 0.25) is 0 Å². The van der Waals surface area contributed by atoms with Crippen LogP contribution >= 0.6 is 0 Å². The third kappa shape index (κ3) is 4.22. The van der Waals surface area contributed by atoms with Crippen molar-refractivity contribution in [1.29, 1.82) is 0 Å². The third-order valence-corrected chi connectivity index (χ3v) is 2.81. The second-order valence-electron chi connectivity index (χ2n) is 4.45. The molecule has 1 aromatic carbocycles. The van der Waals surface area contributed by atoms with Gasteiger partial charge in [-0.15, -0.1) is 0 Å². The Morgan fingerprint density at radius 1 is 1.47 bits per heavy atom. The standard InChI is InChI=1S/C14H21NO4/c1-4-15-14(2,13(17)18-3)10-19-12-7-5-6-11(8-12)9-16/h5-8,15-16H,4,9-10H2,1-3H3. The van der Waals surface area contributed by atoms with E-state index in [1.54, 1.807) is 31.2 Å². The van der Waals surface area contributed by atoms with Crippen molar-refractivity contribution in [2.45, 2.75) is 26.0 Å². The maximum absolute atomic E-state index is 11.8. The molecule has 0 amide bonds. The molecule has 0 saturated heterocycles. The van der Waals surface area contributed by atoms with E-state index in [9.17, 15) is 4.79 Å². The Labute approximate surface area is 113 Å². The average Bonchev–Trinajstić information content (AvgIpc) is 2.44. The molecule has 0 aliphatic heterocycles. The summed E-state index contributed by atoms with van der Waals surface area (Å²) in [6, 6.07) is 7.12. The first kappa shape index (κ1) is 15.5. The van der Waals surface area contributed by atoms with E-state index >= 15 is 0 Å². The van der Waals surface area contributed by atoms with Crippen molar-refractivity contribution in [2.75, 3.05) is 20.3 Å². The van der Waals surface area contributed by atoms with Crippen molar-refractivity contribution < 1.29 is 19.4 Å². The number of aliphatic hydroxyl groups is 1. The monoisotopic (exact) mass is 267 g/mol. The second kappa shape index (κ2) is 7.11. The Hall–Kier alpha value is -1.59. The normalized spacial score (nSPS) is 13.7. The lowest BCUT2D eigenvalue weighted by molar-refractivity contribution is -0.149. The van der Waals surface area contributed by atoms with Crippen LogP contribution in [0.4, 0.5) is 0 Å². The second-order valence-corrected chi connectivity index (χ2v) is 4.45. The topological polar surface area (TPSA) is 67.8 Å². The maximum Gasteiger partial charge on any atom is 0.329 e. The molecular formula is C14H21NO4. The predicted molar refractivity (Wildman–Crippen MR) is 72.0 cm³/mol. The summed E-state index contributed by atoms with van der Waals surface area (Å²) in [6.45, 7) is 4.39. The lowest BCUT2D eigenvalue weighted by Crippen LogP contribution is -2.54. The first-order valence-electron chi connectivity index (χ1n) is 6.21. The molecular weight excluding hydrogens is 246 g/mol. The summed E-state index contributed by atoms with van der Waals surface area (Å²) < 4.78 is 10.4. The molecule has 0 aliphatic rings. The van der Waals surface area contributed by atoms with E-state index in [4.69, 9.17) is 14.6 Å². The molecule has 0 heterocycles. The molecule has 0 bridgehead atoms. The van der Waals surface area contributed by atoms with Crippen LogP contribution in [0.1, 0.15) is 19.4 Å². The highest BCUT2D eigenvalue weighted by Crippen LogP contribution is 2.16. The highest BCUT2D eigenvalue weighted by Gasteiger charge is 2.34. The summed E-state index contributed by atoms with van der Waals surface area (Å²) in [7, 11) is 1.35. The lowest BCUT2D eigenvalue weighted by atomic mass is 10.0. The number of ether oxygens (including phenoxy) is 2. The van der Waals surface area contributed by atoms with Gasteiger partial charge in [-0.2, -0.15) is 0 Å². The summed E-state index contributed by atoms with van der Waals surface area (Å²) in [6.07, 6.45) is 0. The summed E-state index contributed by atoms with van der Waals surface area (Å²) in [5.74, 6) is 0.243. The molecule has 0 aliphatic carbocycles. The number of carbonyl (C=O) groups excluding carboxylic acids is 1. The molecule has 0 aromatic heterocycles. The molecule has 2 N–H and O–H groups in total. The SMILES string of the molecule is CCNC(C)(COc1cccc(CO)c1)C(=O)OC. The van der Waals surface area contributed by atoms with E-state index in [0.29, 0.717) is 12.3 Å². The van der Waals surface area contributed by atoms with Crippen molar-refractivity contribution >= 4 is 5.97 Å². The molecule has 1 atom stereocenters. The van der Waals surface area contributed by atoms with Gasteiger partial charge < -0.3 is 14.6 Å². The summed E-state index contributed by atoms with van der Waals surface area (Å²) >= 11 is 0. The largest absolute Gasteiger partial charge is 0.491 e. The Balaban J connectivity index is 2.72. The summed E-state index contributed by atoms with van der Waals surface area (Å²) in [4.78, 5) is 11.8. The average molecular weight is 267 g/mol. The Morgan fingerprint density at radius 2 is 2.21 bits per heavy atom. The fraction of sp³-hybridized carbons (Fsp3) is 0.500. The van der Waals surface area contributed by atoms with Crippen LogP contribution in [-0.2, 0) is 16.1 Å². The van der Waals surface area contributed by atoms with Gasteiger partial charge in [0, 0.05) is 0 Å². The number of likely N-dealkylation sites (N-methyl/N-ethyl adjacent to an activating group) is 1. The number of methoxy groups -OCH3 is 1. The van der Waals surface area contributed by atoms with E-state index < -0.39 is 5.54 Å². The molecule has 0 fully saturated rings. The molecule has 1 aromatic rings. The van der Waals surface area contributed by atoms with Gasteiger partial charge in [-0.05, 0) is 31.2 Å². The van der Waals surface area contributed by atoms with Gasteiger partial charge in [0.15, 0.2) is 0 Å². The minimum Gasteiger partial charge on any atom is -0.491 e. The van der Waals surface area contributed by atoms with Gasteiger partial charge in [0.25, 0.3) is 0 Å². The Kier molecular flexibility index (Phi) is 5.79. The van der Waals surface area contributed by atoms with E-state index in [1.807, 2.05) is 6.92 Å². The smallest absolute Gasteiger partial charge is 0.329 e. The highest BCUT2D eigenvalue weighted by molar-refractivity contribution is 5.80. The molecule has 0 spiro atoms. The Morgan fingerprint density at radius 3 is 2.79 bits per heavy atom.